The fourth-order valence-electron chi connectivity index (χ4n) is 2.53. The van der Waals surface area contributed by atoms with Crippen LogP contribution in [-0.2, 0) is 6.54 Å². The summed E-state index contributed by atoms with van der Waals surface area (Å²) in [6.45, 7) is 3.03. The summed E-state index contributed by atoms with van der Waals surface area (Å²) < 4.78 is 0. The van der Waals surface area contributed by atoms with Gasteiger partial charge in [-0.15, -0.1) is 0 Å². The molecule has 5 nitrogen and oxygen atoms in total. The minimum Gasteiger partial charge on any atom is -0.478 e. The van der Waals surface area contributed by atoms with Crippen molar-refractivity contribution in [3.05, 3.63) is 29.6 Å². The number of aromatic carboxylic acids is 1. The van der Waals surface area contributed by atoms with Crippen LogP contribution in [0.5, 0.6) is 0 Å². The van der Waals surface area contributed by atoms with Crippen LogP contribution in [0.25, 0.3) is 0 Å². The molecule has 5 heteroatoms. The molecular formula is C14H21N3O2. The summed E-state index contributed by atoms with van der Waals surface area (Å²) in [5.41, 5.74) is 1.16. The lowest BCUT2D eigenvalue weighted by atomic mass is 10.0. The average molecular weight is 263 g/mol. The molecule has 1 atom stereocenters. The quantitative estimate of drug-likeness (QED) is 0.887. The van der Waals surface area contributed by atoms with Gasteiger partial charge in [0.15, 0.2) is 0 Å². The minimum atomic E-state index is -0.929. The van der Waals surface area contributed by atoms with Gasteiger partial charge in [0.2, 0.25) is 0 Å². The first-order chi connectivity index (χ1) is 9.06. The van der Waals surface area contributed by atoms with Crippen LogP contribution in [0.1, 0.15) is 28.9 Å². The largest absolute Gasteiger partial charge is 0.478 e. The van der Waals surface area contributed by atoms with Crippen LogP contribution in [0, 0.1) is 0 Å². The number of likely N-dealkylation sites (N-methyl/N-ethyl adjacent to an activating group) is 2. The van der Waals surface area contributed by atoms with Gasteiger partial charge < -0.3 is 10.0 Å². The molecule has 19 heavy (non-hydrogen) atoms. The molecule has 1 aliphatic heterocycles. The molecule has 0 aliphatic carbocycles. The molecule has 2 heterocycles. The molecule has 0 amide bonds. The number of pyridine rings is 1. The molecule has 1 unspecified atom stereocenters. The number of piperidine rings is 1. The van der Waals surface area contributed by atoms with Crippen molar-refractivity contribution in [2.75, 3.05) is 27.2 Å². The van der Waals surface area contributed by atoms with Crippen molar-refractivity contribution in [1.82, 2.24) is 14.8 Å². The van der Waals surface area contributed by atoms with Gasteiger partial charge in [0.1, 0.15) is 0 Å². The molecule has 1 fully saturated rings. The van der Waals surface area contributed by atoms with Gasteiger partial charge in [-0.25, -0.2) is 4.79 Å². The number of carboxylic acid groups (broad SMARTS) is 1. The van der Waals surface area contributed by atoms with Crippen molar-refractivity contribution >= 4 is 5.97 Å². The van der Waals surface area contributed by atoms with E-state index in [9.17, 15) is 4.79 Å². The Kier molecular flexibility index (Phi) is 4.50. The van der Waals surface area contributed by atoms with Gasteiger partial charge in [-0.2, -0.15) is 0 Å². The standard InChI is InChI=1S/C14H21N3O2/c1-16-7-3-4-13(10-16)17(2)9-12-6-5-11(8-15-12)14(18)19/h5-6,8,13H,3-4,7,9-10H2,1-2H3,(H,18,19). The van der Waals surface area contributed by atoms with Gasteiger partial charge in [-0.1, -0.05) is 0 Å². The van der Waals surface area contributed by atoms with Gasteiger partial charge in [-0.3, -0.25) is 9.88 Å². The normalized spacial score (nSPS) is 20.7. The van der Waals surface area contributed by atoms with Crippen LogP contribution in [-0.4, -0.2) is 59.1 Å². The first-order valence-electron chi connectivity index (χ1n) is 6.63. The third-order valence-corrected chi connectivity index (χ3v) is 3.71. The molecule has 1 saturated heterocycles. The van der Waals surface area contributed by atoms with Crippen LogP contribution in [0.2, 0.25) is 0 Å². The van der Waals surface area contributed by atoms with E-state index in [0.717, 1.165) is 18.8 Å². The summed E-state index contributed by atoms with van der Waals surface area (Å²) in [6, 6.07) is 3.97. The van der Waals surface area contributed by atoms with Crippen LogP contribution >= 0.6 is 0 Å². The summed E-state index contributed by atoms with van der Waals surface area (Å²) in [5, 5.41) is 8.83. The van der Waals surface area contributed by atoms with E-state index >= 15 is 0 Å². The second kappa shape index (κ2) is 6.12. The third kappa shape index (κ3) is 3.75. The van der Waals surface area contributed by atoms with Crippen molar-refractivity contribution in [3.8, 4) is 0 Å². The fourth-order valence-corrected chi connectivity index (χ4v) is 2.53. The van der Waals surface area contributed by atoms with E-state index < -0.39 is 5.97 Å². The van der Waals surface area contributed by atoms with Gasteiger partial charge in [0.05, 0.1) is 11.3 Å². The van der Waals surface area contributed by atoms with Crippen molar-refractivity contribution < 1.29 is 9.90 Å². The summed E-state index contributed by atoms with van der Waals surface area (Å²) in [6.07, 6.45) is 3.88. The molecule has 1 aromatic heterocycles. The Morgan fingerprint density at radius 2 is 2.37 bits per heavy atom. The van der Waals surface area contributed by atoms with Crippen LogP contribution in [0.4, 0.5) is 0 Å². The Hall–Kier alpha value is -1.46. The highest BCUT2D eigenvalue weighted by atomic mass is 16.4. The van der Waals surface area contributed by atoms with Gasteiger partial charge in [0, 0.05) is 25.3 Å². The van der Waals surface area contributed by atoms with E-state index in [1.807, 2.05) is 0 Å². The van der Waals surface area contributed by atoms with E-state index in [1.54, 1.807) is 12.1 Å². The molecule has 1 aliphatic rings. The monoisotopic (exact) mass is 263 g/mol. The third-order valence-electron chi connectivity index (χ3n) is 3.71. The Morgan fingerprint density at radius 3 is 2.95 bits per heavy atom. The van der Waals surface area contributed by atoms with Crippen LogP contribution in [0.3, 0.4) is 0 Å². The number of carboxylic acids is 1. The number of rotatable bonds is 4. The van der Waals surface area contributed by atoms with Crippen molar-refractivity contribution in [1.29, 1.82) is 0 Å². The van der Waals surface area contributed by atoms with E-state index in [-0.39, 0.29) is 5.56 Å². The maximum atomic E-state index is 10.8. The Balaban J connectivity index is 1.94. The van der Waals surface area contributed by atoms with Gasteiger partial charge >= 0.3 is 5.97 Å². The molecule has 1 aromatic rings. The van der Waals surface area contributed by atoms with Crippen molar-refractivity contribution in [2.45, 2.75) is 25.4 Å². The van der Waals surface area contributed by atoms with Crippen LogP contribution < -0.4 is 0 Å². The number of carbonyl (C=O) groups is 1. The lowest BCUT2D eigenvalue weighted by molar-refractivity contribution is 0.0696. The number of hydrogen-bond donors (Lipinski definition) is 1. The lowest BCUT2D eigenvalue weighted by Gasteiger charge is -2.35. The molecule has 0 spiro atoms. The van der Waals surface area contributed by atoms with E-state index in [1.165, 1.54) is 25.6 Å². The summed E-state index contributed by atoms with van der Waals surface area (Å²) >= 11 is 0. The van der Waals surface area contributed by atoms with Gasteiger partial charge in [0.25, 0.3) is 0 Å². The first-order valence-corrected chi connectivity index (χ1v) is 6.63. The molecule has 104 valence electrons. The minimum absolute atomic E-state index is 0.240. The van der Waals surface area contributed by atoms with Crippen molar-refractivity contribution in [3.63, 3.8) is 0 Å². The maximum Gasteiger partial charge on any atom is 0.337 e. The molecular weight excluding hydrogens is 242 g/mol. The second-order valence-corrected chi connectivity index (χ2v) is 5.32. The van der Waals surface area contributed by atoms with Crippen LogP contribution in [0.15, 0.2) is 18.3 Å². The molecule has 0 aromatic carbocycles. The predicted octanol–water partition coefficient (Wildman–Crippen LogP) is 1.31. The topological polar surface area (TPSA) is 56.7 Å². The molecule has 0 saturated carbocycles. The predicted molar refractivity (Wildman–Crippen MR) is 73.2 cm³/mol. The van der Waals surface area contributed by atoms with E-state index in [2.05, 4.69) is 28.9 Å². The zero-order chi connectivity index (χ0) is 13.8. The number of hydrogen-bond acceptors (Lipinski definition) is 4. The summed E-state index contributed by atoms with van der Waals surface area (Å²) in [5.74, 6) is -0.929. The molecule has 2 rings (SSSR count). The SMILES string of the molecule is CN1CCCC(N(C)Cc2ccc(C(=O)O)cn2)C1. The van der Waals surface area contributed by atoms with Gasteiger partial charge in [-0.05, 0) is 45.6 Å². The smallest absolute Gasteiger partial charge is 0.337 e. The molecule has 0 radical (unpaired) electrons. The zero-order valence-electron chi connectivity index (χ0n) is 11.5. The Bertz CT molecular complexity index is 433. The Morgan fingerprint density at radius 1 is 1.58 bits per heavy atom. The highest BCUT2D eigenvalue weighted by molar-refractivity contribution is 5.87. The highest BCUT2D eigenvalue weighted by Gasteiger charge is 2.21. The zero-order valence-corrected chi connectivity index (χ0v) is 11.5. The maximum absolute atomic E-state index is 10.8. The fraction of sp³-hybridized carbons (Fsp3) is 0.571. The Labute approximate surface area is 113 Å². The first kappa shape index (κ1) is 14.0. The lowest BCUT2D eigenvalue weighted by Crippen LogP contribution is -2.44. The molecule has 1 N–H and O–H groups in total. The summed E-state index contributed by atoms with van der Waals surface area (Å²) in [4.78, 5) is 19.6. The number of likely N-dealkylation sites (tertiary alicyclic amines) is 1. The number of aromatic nitrogens is 1. The average Bonchev–Trinajstić information content (AvgIpc) is 2.39. The van der Waals surface area contributed by atoms with E-state index in [4.69, 9.17) is 5.11 Å². The second-order valence-electron chi connectivity index (χ2n) is 5.32. The van der Waals surface area contributed by atoms with E-state index in [0.29, 0.717) is 6.04 Å². The number of nitrogens with zero attached hydrogens (tertiary/aromatic N) is 3. The molecule has 0 bridgehead atoms. The van der Waals surface area contributed by atoms with Crippen molar-refractivity contribution in [2.24, 2.45) is 0 Å². The summed E-state index contributed by atoms with van der Waals surface area (Å²) in [7, 11) is 4.26. The highest BCUT2D eigenvalue weighted by Crippen LogP contribution is 2.15.